The van der Waals surface area contributed by atoms with Gasteiger partial charge in [0.1, 0.15) is 6.26 Å². The number of aromatic nitrogens is 1. The first kappa shape index (κ1) is 16.3. The first-order valence-electron chi connectivity index (χ1n) is 7.46. The Kier molecular flexibility index (Phi) is 4.96. The molecule has 0 spiro atoms. The number of nitrogen functional groups attached to an aromatic ring is 1. The number of benzene rings is 2. The SMILES string of the molecule is Nc1ccccc1-c1nc(C(=O)NCCc2ccc(Br)cc2)co1. The van der Waals surface area contributed by atoms with Crippen LogP contribution in [0.5, 0.6) is 0 Å². The van der Waals surface area contributed by atoms with Crippen LogP contribution in [-0.2, 0) is 6.42 Å². The minimum atomic E-state index is -0.267. The largest absolute Gasteiger partial charge is 0.444 e. The summed E-state index contributed by atoms with van der Waals surface area (Å²) in [4.78, 5) is 16.4. The van der Waals surface area contributed by atoms with Crippen molar-refractivity contribution in [3.63, 3.8) is 0 Å². The van der Waals surface area contributed by atoms with Gasteiger partial charge in [0.05, 0.1) is 5.56 Å². The summed E-state index contributed by atoms with van der Waals surface area (Å²) >= 11 is 3.40. The Balaban J connectivity index is 1.60. The third-order valence-corrected chi connectivity index (χ3v) is 4.07. The first-order chi connectivity index (χ1) is 11.6. The molecule has 122 valence electrons. The highest BCUT2D eigenvalue weighted by Gasteiger charge is 2.14. The molecule has 0 aliphatic rings. The second-order valence-corrected chi connectivity index (χ2v) is 6.17. The number of para-hydroxylation sites is 1. The molecular weight excluding hydrogens is 370 g/mol. The Morgan fingerprint density at radius 1 is 1.17 bits per heavy atom. The standard InChI is InChI=1S/C18H16BrN3O2/c19-13-7-5-12(6-8-13)9-10-21-17(23)16-11-24-18(22-16)14-3-1-2-4-15(14)20/h1-8,11H,9-10,20H2,(H,21,23). The fraction of sp³-hybridized carbons (Fsp3) is 0.111. The molecule has 1 heterocycles. The van der Waals surface area contributed by atoms with Crippen LogP contribution in [0.2, 0.25) is 0 Å². The van der Waals surface area contributed by atoms with Crippen molar-refractivity contribution < 1.29 is 9.21 Å². The highest BCUT2D eigenvalue weighted by atomic mass is 79.9. The number of carbonyl (C=O) groups is 1. The molecule has 1 aromatic heterocycles. The fourth-order valence-corrected chi connectivity index (χ4v) is 2.52. The van der Waals surface area contributed by atoms with Crippen LogP contribution in [0.1, 0.15) is 16.1 Å². The van der Waals surface area contributed by atoms with Crippen molar-refractivity contribution in [2.75, 3.05) is 12.3 Å². The quantitative estimate of drug-likeness (QED) is 0.656. The average Bonchev–Trinajstić information content (AvgIpc) is 3.07. The zero-order valence-corrected chi connectivity index (χ0v) is 14.4. The molecule has 6 heteroatoms. The van der Waals surface area contributed by atoms with Crippen molar-refractivity contribution in [2.24, 2.45) is 0 Å². The summed E-state index contributed by atoms with van der Waals surface area (Å²) in [6, 6.07) is 15.2. The summed E-state index contributed by atoms with van der Waals surface area (Å²) < 4.78 is 6.41. The maximum atomic E-state index is 12.1. The second kappa shape index (κ2) is 7.31. The van der Waals surface area contributed by atoms with Gasteiger partial charge in [0.15, 0.2) is 5.69 Å². The van der Waals surface area contributed by atoms with Crippen LogP contribution in [-0.4, -0.2) is 17.4 Å². The fourth-order valence-electron chi connectivity index (χ4n) is 2.26. The van der Waals surface area contributed by atoms with Gasteiger partial charge >= 0.3 is 0 Å². The smallest absolute Gasteiger partial charge is 0.273 e. The van der Waals surface area contributed by atoms with Crippen LogP contribution in [0.4, 0.5) is 5.69 Å². The zero-order chi connectivity index (χ0) is 16.9. The zero-order valence-electron chi connectivity index (χ0n) is 12.8. The van der Waals surface area contributed by atoms with Gasteiger partial charge in [-0.15, -0.1) is 0 Å². The van der Waals surface area contributed by atoms with E-state index >= 15 is 0 Å². The van der Waals surface area contributed by atoms with Gasteiger partial charge in [-0.2, -0.15) is 0 Å². The number of carbonyl (C=O) groups excluding carboxylic acids is 1. The number of halogens is 1. The molecular formula is C18H16BrN3O2. The minimum Gasteiger partial charge on any atom is -0.444 e. The predicted molar refractivity (Wildman–Crippen MR) is 96.5 cm³/mol. The Labute approximate surface area is 148 Å². The second-order valence-electron chi connectivity index (χ2n) is 5.26. The number of hydrogen-bond donors (Lipinski definition) is 2. The van der Waals surface area contributed by atoms with Crippen molar-refractivity contribution in [1.82, 2.24) is 10.3 Å². The van der Waals surface area contributed by atoms with Crippen molar-refractivity contribution in [2.45, 2.75) is 6.42 Å². The molecule has 5 nitrogen and oxygen atoms in total. The molecule has 1 amide bonds. The van der Waals surface area contributed by atoms with Gasteiger partial charge in [0.2, 0.25) is 5.89 Å². The molecule has 3 N–H and O–H groups in total. The molecule has 0 bridgehead atoms. The van der Waals surface area contributed by atoms with E-state index in [-0.39, 0.29) is 11.6 Å². The van der Waals surface area contributed by atoms with Gasteiger partial charge in [-0.3, -0.25) is 4.79 Å². The van der Waals surface area contributed by atoms with Gasteiger partial charge in [-0.1, -0.05) is 40.2 Å². The van der Waals surface area contributed by atoms with Gasteiger partial charge in [0, 0.05) is 16.7 Å². The maximum Gasteiger partial charge on any atom is 0.273 e. The van der Waals surface area contributed by atoms with Crippen LogP contribution in [0.3, 0.4) is 0 Å². The molecule has 24 heavy (non-hydrogen) atoms. The van der Waals surface area contributed by atoms with Crippen LogP contribution < -0.4 is 11.1 Å². The summed E-state index contributed by atoms with van der Waals surface area (Å²) in [5, 5.41) is 2.84. The molecule has 0 saturated heterocycles. The lowest BCUT2D eigenvalue weighted by atomic mass is 10.1. The topological polar surface area (TPSA) is 81.1 Å². The van der Waals surface area contributed by atoms with E-state index in [1.807, 2.05) is 36.4 Å². The van der Waals surface area contributed by atoms with Crippen molar-refractivity contribution in [1.29, 1.82) is 0 Å². The van der Waals surface area contributed by atoms with E-state index in [1.165, 1.54) is 6.26 Å². The molecule has 0 aliphatic carbocycles. The summed E-state index contributed by atoms with van der Waals surface area (Å²) in [6.07, 6.45) is 2.09. The van der Waals surface area contributed by atoms with Crippen LogP contribution in [0, 0.1) is 0 Å². The monoisotopic (exact) mass is 385 g/mol. The number of hydrogen-bond acceptors (Lipinski definition) is 4. The van der Waals surface area contributed by atoms with Crippen LogP contribution in [0.15, 0.2) is 63.7 Å². The summed E-state index contributed by atoms with van der Waals surface area (Å²) in [5.41, 5.74) is 8.51. The number of anilines is 1. The molecule has 0 fully saturated rings. The molecule has 2 aromatic carbocycles. The lowest BCUT2D eigenvalue weighted by Crippen LogP contribution is -2.25. The van der Waals surface area contributed by atoms with E-state index in [1.54, 1.807) is 12.1 Å². The van der Waals surface area contributed by atoms with E-state index < -0.39 is 0 Å². The van der Waals surface area contributed by atoms with E-state index in [9.17, 15) is 4.79 Å². The van der Waals surface area contributed by atoms with Gasteiger partial charge in [-0.05, 0) is 36.2 Å². The summed E-state index contributed by atoms with van der Waals surface area (Å²) in [7, 11) is 0. The predicted octanol–water partition coefficient (Wildman–Crippen LogP) is 3.66. The summed E-state index contributed by atoms with van der Waals surface area (Å²) in [6.45, 7) is 0.524. The minimum absolute atomic E-state index is 0.240. The van der Waals surface area contributed by atoms with Crippen molar-refractivity contribution in [3.8, 4) is 11.5 Å². The Morgan fingerprint density at radius 2 is 1.92 bits per heavy atom. The number of nitrogens with zero attached hydrogens (tertiary/aromatic N) is 1. The number of rotatable bonds is 5. The number of nitrogens with one attached hydrogen (secondary N) is 1. The van der Waals surface area contributed by atoms with Crippen molar-refractivity contribution in [3.05, 3.63) is 70.5 Å². The molecule has 3 aromatic rings. The Hall–Kier alpha value is -2.60. The van der Waals surface area contributed by atoms with Gasteiger partial charge in [0.25, 0.3) is 5.91 Å². The highest BCUT2D eigenvalue weighted by Crippen LogP contribution is 2.24. The number of amides is 1. The van der Waals surface area contributed by atoms with E-state index in [2.05, 4.69) is 26.2 Å². The lowest BCUT2D eigenvalue weighted by Gasteiger charge is -2.03. The average molecular weight is 386 g/mol. The lowest BCUT2D eigenvalue weighted by molar-refractivity contribution is 0.0949. The third kappa shape index (κ3) is 3.83. The van der Waals surface area contributed by atoms with Gasteiger partial charge in [-0.25, -0.2) is 4.98 Å². The third-order valence-electron chi connectivity index (χ3n) is 3.54. The molecule has 3 rings (SSSR count). The van der Waals surface area contributed by atoms with E-state index in [0.29, 0.717) is 23.7 Å². The van der Waals surface area contributed by atoms with Crippen LogP contribution >= 0.6 is 15.9 Å². The molecule has 0 aliphatic heterocycles. The molecule has 0 unspecified atom stereocenters. The highest BCUT2D eigenvalue weighted by molar-refractivity contribution is 9.10. The van der Waals surface area contributed by atoms with Crippen molar-refractivity contribution >= 4 is 27.5 Å². The van der Waals surface area contributed by atoms with E-state index in [4.69, 9.17) is 10.2 Å². The van der Waals surface area contributed by atoms with E-state index in [0.717, 1.165) is 16.5 Å². The van der Waals surface area contributed by atoms with Crippen LogP contribution in [0.25, 0.3) is 11.5 Å². The summed E-state index contributed by atoms with van der Waals surface area (Å²) in [5.74, 6) is 0.0720. The molecule has 0 saturated carbocycles. The normalized spacial score (nSPS) is 10.5. The maximum absolute atomic E-state index is 12.1. The van der Waals surface area contributed by atoms with Gasteiger partial charge < -0.3 is 15.5 Å². The number of nitrogens with two attached hydrogens (primary N) is 1. The molecule has 0 radical (unpaired) electrons. The first-order valence-corrected chi connectivity index (χ1v) is 8.26. The number of oxazole rings is 1. The Bertz CT molecular complexity index is 843. The molecule has 0 atom stereocenters. The Morgan fingerprint density at radius 3 is 2.67 bits per heavy atom.